The van der Waals surface area contributed by atoms with Crippen LogP contribution in [0.5, 0.6) is 0 Å². The Kier molecular flexibility index (Phi) is 3.99. The molecule has 66 valence electrons. The van der Waals surface area contributed by atoms with Crippen LogP contribution in [0.15, 0.2) is 24.3 Å². The predicted octanol–water partition coefficient (Wildman–Crippen LogP) is 1.17. The Labute approximate surface area is 75.1 Å². The van der Waals surface area contributed by atoms with Crippen LogP contribution in [0.25, 0.3) is 0 Å². The topological polar surface area (TPSA) is 56.5 Å². The van der Waals surface area contributed by atoms with E-state index in [1.807, 2.05) is 17.7 Å². The van der Waals surface area contributed by atoms with Crippen LogP contribution in [0.3, 0.4) is 0 Å². The van der Waals surface area contributed by atoms with Crippen molar-refractivity contribution < 1.29 is 9.88 Å². The maximum absolute atomic E-state index is 5.67. The lowest BCUT2D eigenvalue weighted by Gasteiger charge is -2.00. The molecule has 0 aliphatic heterocycles. The van der Waals surface area contributed by atoms with Gasteiger partial charge in [0, 0.05) is 5.02 Å². The fourth-order valence-electron chi connectivity index (χ4n) is 0.712. The number of rotatable bonds is 4. The van der Waals surface area contributed by atoms with Crippen LogP contribution in [0.2, 0.25) is 5.02 Å². The summed E-state index contributed by atoms with van der Waals surface area (Å²) in [5.41, 5.74) is 2.85. The summed E-state index contributed by atoms with van der Waals surface area (Å²) in [6, 6.07) is 7.22. The fraction of sp³-hybridized carbons (Fsp3) is 0.143. The van der Waals surface area contributed by atoms with E-state index in [9.17, 15) is 0 Å². The molecule has 0 saturated carbocycles. The van der Waals surface area contributed by atoms with Gasteiger partial charge >= 0.3 is 0 Å². The molecule has 0 aliphatic rings. The molecule has 12 heavy (non-hydrogen) atoms. The number of nitrogens with two attached hydrogens (primary N) is 1. The van der Waals surface area contributed by atoms with Crippen LogP contribution < -0.4 is 11.4 Å². The average Bonchev–Trinajstić information content (AvgIpc) is 2.09. The normalized spacial score (nSPS) is 10.2. The van der Waals surface area contributed by atoms with Gasteiger partial charge in [-0.15, -0.1) is 10.6 Å². The minimum Gasteiger partial charge on any atom is -0.245 e. The third kappa shape index (κ3) is 3.17. The minimum absolute atomic E-state index is 0.321. The zero-order valence-corrected chi connectivity index (χ0v) is 7.04. The first-order valence-corrected chi connectivity index (χ1v) is 3.69. The lowest BCUT2D eigenvalue weighted by molar-refractivity contribution is -0.346. The number of hydrazine groups is 1. The molecule has 0 fully saturated rings. The summed E-state index contributed by atoms with van der Waals surface area (Å²) in [5, 5.41) is 0.691. The van der Waals surface area contributed by atoms with E-state index in [0.29, 0.717) is 11.6 Å². The Morgan fingerprint density at radius 2 is 2.00 bits per heavy atom. The van der Waals surface area contributed by atoms with E-state index < -0.39 is 0 Å². The third-order valence-corrected chi connectivity index (χ3v) is 1.50. The van der Waals surface area contributed by atoms with E-state index in [1.165, 1.54) is 0 Å². The van der Waals surface area contributed by atoms with Crippen molar-refractivity contribution in [1.82, 2.24) is 5.59 Å². The molecule has 1 rings (SSSR count). The summed E-state index contributed by atoms with van der Waals surface area (Å²) in [6.07, 6.45) is 0. The van der Waals surface area contributed by atoms with Gasteiger partial charge in [-0.3, -0.25) is 0 Å². The van der Waals surface area contributed by atoms with Crippen molar-refractivity contribution in [2.75, 3.05) is 0 Å². The average molecular weight is 189 g/mol. The van der Waals surface area contributed by atoms with Crippen LogP contribution in [0, 0.1) is 0 Å². The number of hydrogen-bond acceptors (Lipinski definition) is 4. The molecule has 4 nitrogen and oxygen atoms in total. The minimum atomic E-state index is 0.321. The highest BCUT2D eigenvalue weighted by molar-refractivity contribution is 6.30. The van der Waals surface area contributed by atoms with E-state index in [-0.39, 0.29) is 0 Å². The van der Waals surface area contributed by atoms with E-state index in [4.69, 9.17) is 17.4 Å². The molecule has 1 aromatic carbocycles. The number of benzene rings is 1. The van der Waals surface area contributed by atoms with Crippen LogP contribution in [0.1, 0.15) is 5.56 Å². The molecule has 5 heteroatoms. The highest BCUT2D eigenvalue weighted by Crippen LogP contribution is 2.09. The van der Waals surface area contributed by atoms with E-state index >= 15 is 0 Å². The van der Waals surface area contributed by atoms with Gasteiger partial charge in [-0.1, -0.05) is 23.7 Å². The van der Waals surface area contributed by atoms with Gasteiger partial charge in [-0.05, 0) is 17.7 Å². The number of nitrogens with one attached hydrogen (secondary N) is 1. The number of hydrogen-bond donors (Lipinski definition) is 2. The van der Waals surface area contributed by atoms with Gasteiger partial charge in [0.2, 0.25) is 0 Å². The summed E-state index contributed by atoms with van der Waals surface area (Å²) in [4.78, 5) is 8.89. The third-order valence-electron chi connectivity index (χ3n) is 1.25. The van der Waals surface area contributed by atoms with Crippen molar-refractivity contribution in [3.8, 4) is 0 Å². The highest BCUT2D eigenvalue weighted by atomic mass is 35.5. The van der Waals surface area contributed by atoms with Crippen LogP contribution in [0.4, 0.5) is 0 Å². The van der Waals surface area contributed by atoms with Crippen molar-refractivity contribution in [2.45, 2.75) is 6.61 Å². The van der Waals surface area contributed by atoms with Crippen LogP contribution >= 0.6 is 11.6 Å². The van der Waals surface area contributed by atoms with Crippen LogP contribution in [-0.4, -0.2) is 0 Å². The maximum Gasteiger partial charge on any atom is 0.109 e. The molecule has 0 atom stereocenters. The van der Waals surface area contributed by atoms with E-state index in [0.717, 1.165) is 5.56 Å². The molecular formula is C7H9ClN2O2. The van der Waals surface area contributed by atoms with Gasteiger partial charge in [0.1, 0.15) is 6.61 Å². The second-order valence-corrected chi connectivity index (χ2v) is 2.53. The molecular weight excluding hydrogens is 180 g/mol. The molecule has 0 heterocycles. The van der Waals surface area contributed by atoms with E-state index in [1.54, 1.807) is 12.1 Å². The fourth-order valence-corrected chi connectivity index (χ4v) is 0.838. The SMILES string of the molecule is NNOOCc1ccc(Cl)cc1. The second-order valence-electron chi connectivity index (χ2n) is 2.09. The molecule has 0 spiro atoms. The Morgan fingerprint density at radius 1 is 1.33 bits per heavy atom. The van der Waals surface area contributed by atoms with Gasteiger partial charge in [-0.25, -0.2) is 10.7 Å². The van der Waals surface area contributed by atoms with Gasteiger partial charge in [0.25, 0.3) is 0 Å². The van der Waals surface area contributed by atoms with Crippen molar-refractivity contribution in [3.05, 3.63) is 34.9 Å². The molecule has 0 aliphatic carbocycles. The molecule has 0 radical (unpaired) electrons. The Morgan fingerprint density at radius 3 is 2.58 bits per heavy atom. The molecule has 1 aromatic rings. The lowest BCUT2D eigenvalue weighted by Crippen LogP contribution is -2.22. The maximum atomic E-state index is 5.67. The highest BCUT2D eigenvalue weighted by Gasteiger charge is 1.92. The summed E-state index contributed by atoms with van der Waals surface area (Å²) < 4.78 is 0. The first kappa shape index (κ1) is 9.44. The molecule has 0 unspecified atom stereocenters. The predicted molar refractivity (Wildman–Crippen MR) is 44.6 cm³/mol. The van der Waals surface area contributed by atoms with Gasteiger partial charge < -0.3 is 0 Å². The Balaban J connectivity index is 2.37. The van der Waals surface area contributed by atoms with Crippen molar-refractivity contribution >= 4 is 11.6 Å². The first-order chi connectivity index (χ1) is 5.83. The molecule has 0 bridgehead atoms. The Bertz CT molecular complexity index is 227. The summed E-state index contributed by atoms with van der Waals surface area (Å²) in [5.74, 6) is 4.80. The summed E-state index contributed by atoms with van der Waals surface area (Å²) in [6.45, 7) is 0.321. The molecule has 0 saturated heterocycles. The second kappa shape index (κ2) is 5.08. The van der Waals surface area contributed by atoms with Crippen molar-refractivity contribution in [2.24, 2.45) is 5.84 Å². The zero-order valence-electron chi connectivity index (χ0n) is 6.29. The standard InChI is InChI=1S/C7H9ClN2O2/c8-7-3-1-6(2-4-7)5-11-12-10-9/h1-4,10H,5,9H2. The quantitative estimate of drug-likeness (QED) is 0.322. The van der Waals surface area contributed by atoms with Gasteiger partial charge in [-0.2, -0.15) is 0 Å². The molecule has 0 aromatic heterocycles. The largest absolute Gasteiger partial charge is 0.245 e. The van der Waals surface area contributed by atoms with Crippen molar-refractivity contribution in [3.63, 3.8) is 0 Å². The monoisotopic (exact) mass is 188 g/mol. The number of halogens is 1. The molecule has 3 N–H and O–H groups in total. The van der Waals surface area contributed by atoms with Crippen molar-refractivity contribution in [1.29, 1.82) is 0 Å². The summed E-state index contributed by atoms with van der Waals surface area (Å²) in [7, 11) is 0. The lowest BCUT2D eigenvalue weighted by atomic mass is 10.2. The summed E-state index contributed by atoms with van der Waals surface area (Å²) >= 11 is 5.67. The smallest absolute Gasteiger partial charge is 0.109 e. The first-order valence-electron chi connectivity index (χ1n) is 3.31. The Hall–Kier alpha value is -0.650. The zero-order chi connectivity index (χ0) is 8.81. The van der Waals surface area contributed by atoms with Crippen LogP contribution in [-0.2, 0) is 16.5 Å². The molecule has 0 amide bonds. The van der Waals surface area contributed by atoms with Gasteiger partial charge in [0.05, 0.1) is 0 Å². The van der Waals surface area contributed by atoms with Gasteiger partial charge in [0.15, 0.2) is 0 Å². The van der Waals surface area contributed by atoms with E-state index in [2.05, 4.69) is 9.88 Å².